The minimum absolute atomic E-state index is 0.188. The lowest BCUT2D eigenvalue weighted by atomic mass is 10.1. The first-order chi connectivity index (χ1) is 8.15. The van der Waals surface area contributed by atoms with Crippen LogP contribution in [0.25, 0.3) is 0 Å². The molecule has 0 radical (unpaired) electrons. The van der Waals surface area contributed by atoms with Gasteiger partial charge in [0.1, 0.15) is 5.82 Å². The summed E-state index contributed by atoms with van der Waals surface area (Å²) in [7, 11) is 2.14. The van der Waals surface area contributed by atoms with Gasteiger partial charge in [0.2, 0.25) is 0 Å². The van der Waals surface area contributed by atoms with Crippen molar-refractivity contribution in [2.75, 3.05) is 20.1 Å². The number of hydrogen-bond acceptors (Lipinski definition) is 2. The van der Waals surface area contributed by atoms with Gasteiger partial charge in [0.05, 0.1) is 5.02 Å². The Balaban J connectivity index is 1.83. The Morgan fingerprint density at radius 1 is 1.41 bits per heavy atom. The number of piperidine rings is 1. The van der Waals surface area contributed by atoms with Crippen LogP contribution in [-0.4, -0.2) is 31.1 Å². The number of rotatable bonds is 3. The molecular formula is C13H18ClFN2. The molecule has 0 atom stereocenters. The first kappa shape index (κ1) is 12.8. The maximum atomic E-state index is 13.2. The Morgan fingerprint density at radius 3 is 2.76 bits per heavy atom. The molecule has 0 spiro atoms. The van der Waals surface area contributed by atoms with Crippen LogP contribution in [0, 0.1) is 5.82 Å². The van der Waals surface area contributed by atoms with Gasteiger partial charge in [-0.3, -0.25) is 0 Å². The van der Waals surface area contributed by atoms with Crippen LogP contribution in [0.5, 0.6) is 0 Å². The monoisotopic (exact) mass is 256 g/mol. The van der Waals surface area contributed by atoms with Crippen LogP contribution < -0.4 is 5.32 Å². The maximum absolute atomic E-state index is 13.2. The number of nitrogens with one attached hydrogen (secondary N) is 1. The molecule has 0 bridgehead atoms. The number of benzene rings is 1. The molecule has 17 heavy (non-hydrogen) atoms. The first-order valence-corrected chi connectivity index (χ1v) is 6.39. The highest BCUT2D eigenvalue weighted by atomic mass is 35.5. The van der Waals surface area contributed by atoms with Gasteiger partial charge >= 0.3 is 0 Å². The number of nitrogens with zero attached hydrogens (tertiary/aromatic N) is 1. The van der Waals surface area contributed by atoms with E-state index in [0.29, 0.717) is 12.6 Å². The summed E-state index contributed by atoms with van der Waals surface area (Å²) >= 11 is 5.64. The fraction of sp³-hybridized carbons (Fsp3) is 0.538. The van der Waals surface area contributed by atoms with E-state index in [9.17, 15) is 4.39 Å². The average Bonchev–Trinajstić information content (AvgIpc) is 2.33. The van der Waals surface area contributed by atoms with E-state index in [-0.39, 0.29) is 10.8 Å². The molecule has 0 amide bonds. The fourth-order valence-electron chi connectivity index (χ4n) is 2.12. The molecule has 2 rings (SSSR count). The molecule has 1 aromatic carbocycles. The average molecular weight is 257 g/mol. The third kappa shape index (κ3) is 3.66. The molecule has 1 fully saturated rings. The van der Waals surface area contributed by atoms with Gasteiger partial charge in [-0.15, -0.1) is 0 Å². The molecule has 0 saturated carbocycles. The number of hydrogen-bond donors (Lipinski definition) is 1. The highest BCUT2D eigenvalue weighted by molar-refractivity contribution is 6.30. The molecular weight excluding hydrogens is 239 g/mol. The smallest absolute Gasteiger partial charge is 0.142 e. The van der Waals surface area contributed by atoms with E-state index in [4.69, 9.17) is 11.6 Å². The molecule has 1 aliphatic heterocycles. The van der Waals surface area contributed by atoms with Crippen molar-refractivity contribution in [3.8, 4) is 0 Å². The van der Waals surface area contributed by atoms with Crippen LogP contribution in [0.4, 0.5) is 4.39 Å². The third-order valence-electron chi connectivity index (χ3n) is 3.30. The van der Waals surface area contributed by atoms with Gasteiger partial charge in [0.25, 0.3) is 0 Å². The molecule has 94 valence electrons. The van der Waals surface area contributed by atoms with Crippen LogP contribution in [-0.2, 0) is 6.54 Å². The highest BCUT2D eigenvalue weighted by Crippen LogP contribution is 2.16. The molecule has 1 N–H and O–H groups in total. The van der Waals surface area contributed by atoms with Crippen molar-refractivity contribution in [2.24, 2.45) is 0 Å². The minimum atomic E-state index is -0.339. The van der Waals surface area contributed by atoms with E-state index in [1.54, 1.807) is 6.07 Å². The highest BCUT2D eigenvalue weighted by Gasteiger charge is 2.15. The molecule has 1 aliphatic rings. The van der Waals surface area contributed by atoms with Gasteiger partial charge < -0.3 is 10.2 Å². The predicted molar refractivity (Wildman–Crippen MR) is 68.8 cm³/mol. The Labute approximate surface area is 107 Å². The number of likely N-dealkylation sites (tertiary alicyclic amines) is 1. The fourth-order valence-corrected chi connectivity index (χ4v) is 2.24. The molecule has 0 aromatic heterocycles. The second-order valence-corrected chi connectivity index (χ2v) is 5.11. The van der Waals surface area contributed by atoms with Crippen molar-refractivity contribution in [1.82, 2.24) is 10.2 Å². The van der Waals surface area contributed by atoms with Crippen molar-refractivity contribution in [3.05, 3.63) is 34.6 Å². The maximum Gasteiger partial charge on any atom is 0.142 e. The zero-order valence-corrected chi connectivity index (χ0v) is 10.8. The van der Waals surface area contributed by atoms with Crippen LogP contribution in [0.15, 0.2) is 18.2 Å². The standard InChI is InChI=1S/C13H18ClFN2/c1-17-6-4-11(5-7-17)16-9-10-2-3-12(14)13(15)8-10/h2-3,8,11,16H,4-7,9H2,1H3. The van der Waals surface area contributed by atoms with Crippen molar-refractivity contribution in [1.29, 1.82) is 0 Å². The summed E-state index contributed by atoms with van der Waals surface area (Å²) in [6.45, 7) is 2.97. The molecule has 1 saturated heterocycles. The zero-order chi connectivity index (χ0) is 12.3. The van der Waals surface area contributed by atoms with Crippen molar-refractivity contribution < 1.29 is 4.39 Å². The van der Waals surface area contributed by atoms with E-state index in [0.717, 1.165) is 31.5 Å². The molecule has 4 heteroatoms. The Bertz CT molecular complexity index is 376. The van der Waals surface area contributed by atoms with Gasteiger partial charge in [0, 0.05) is 12.6 Å². The van der Waals surface area contributed by atoms with Crippen LogP contribution in [0.2, 0.25) is 5.02 Å². The van der Waals surface area contributed by atoms with Crippen LogP contribution >= 0.6 is 11.6 Å². The normalized spacial score (nSPS) is 18.5. The lowest BCUT2D eigenvalue weighted by Gasteiger charge is -2.29. The van der Waals surface area contributed by atoms with Crippen LogP contribution in [0.3, 0.4) is 0 Å². The Morgan fingerprint density at radius 2 is 2.12 bits per heavy atom. The van der Waals surface area contributed by atoms with Gasteiger partial charge in [-0.1, -0.05) is 17.7 Å². The van der Waals surface area contributed by atoms with Crippen molar-refractivity contribution >= 4 is 11.6 Å². The van der Waals surface area contributed by atoms with Gasteiger partial charge in [-0.25, -0.2) is 4.39 Å². The molecule has 1 heterocycles. The largest absolute Gasteiger partial charge is 0.310 e. The SMILES string of the molecule is CN1CCC(NCc2ccc(Cl)c(F)c2)CC1. The third-order valence-corrected chi connectivity index (χ3v) is 3.60. The molecule has 0 aliphatic carbocycles. The lowest BCUT2D eigenvalue weighted by Crippen LogP contribution is -2.40. The zero-order valence-electron chi connectivity index (χ0n) is 10.0. The number of halogens is 2. The van der Waals surface area contributed by atoms with E-state index < -0.39 is 0 Å². The van der Waals surface area contributed by atoms with E-state index in [1.807, 2.05) is 6.07 Å². The van der Waals surface area contributed by atoms with Gasteiger partial charge in [-0.05, 0) is 50.7 Å². The molecule has 0 unspecified atom stereocenters. The second kappa shape index (κ2) is 5.80. The van der Waals surface area contributed by atoms with Crippen molar-refractivity contribution in [2.45, 2.75) is 25.4 Å². The summed E-state index contributed by atoms with van der Waals surface area (Å²) in [4.78, 5) is 2.33. The second-order valence-electron chi connectivity index (χ2n) is 4.71. The Kier molecular flexibility index (Phi) is 4.37. The minimum Gasteiger partial charge on any atom is -0.310 e. The summed E-state index contributed by atoms with van der Waals surface area (Å²) in [6, 6.07) is 5.53. The van der Waals surface area contributed by atoms with E-state index >= 15 is 0 Å². The lowest BCUT2D eigenvalue weighted by molar-refractivity contribution is 0.234. The Hall–Kier alpha value is -0.640. The molecule has 1 aromatic rings. The quantitative estimate of drug-likeness (QED) is 0.895. The molecule has 2 nitrogen and oxygen atoms in total. The first-order valence-electron chi connectivity index (χ1n) is 6.01. The van der Waals surface area contributed by atoms with Crippen LogP contribution in [0.1, 0.15) is 18.4 Å². The summed E-state index contributed by atoms with van der Waals surface area (Å²) in [5.41, 5.74) is 0.950. The van der Waals surface area contributed by atoms with Gasteiger partial charge in [-0.2, -0.15) is 0 Å². The summed E-state index contributed by atoms with van der Waals surface area (Å²) in [5.74, 6) is -0.339. The van der Waals surface area contributed by atoms with E-state index in [1.165, 1.54) is 6.07 Å². The topological polar surface area (TPSA) is 15.3 Å². The predicted octanol–water partition coefficient (Wildman–Crippen LogP) is 2.66. The summed E-state index contributed by atoms with van der Waals surface area (Å²) in [6.07, 6.45) is 2.32. The van der Waals surface area contributed by atoms with Crippen molar-refractivity contribution in [3.63, 3.8) is 0 Å². The summed E-state index contributed by atoms with van der Waals surface area (Å²) in [5, 5.41) is 3.66. The summed E-state index contributed by atoms with van der Waals surface area (Å²) < 4.78 is 13.2. The van der Waals surface area contributed by atoms with Gasteiger partial charge in [0.15, 0.2) is 0 Å². The van der Waals surface area contributed by atoms with E-state index in [2.05, 4.69) is 17.3 Å².